The van der Waals surface area contributed by atoms with E-state index in [2.05, 4.69) is 12.2 Å². The fourth-order valence-electron chi connectivity index (χ4n) is 2.60. The van der Waals surface area contributed by atoms with Gasteiger partial charge >= 0.3 is 0 Å². The Kier molecular flexibility index (Phi) is 4.82. The largest absolute Gasteiger partial charge is 0.495 e. The molecule has 0 bridgehead atoms. The fraction of sp³-hybridized carbons (Fsp3) is 0.263. The van der Waals surface area contributed by atoms with E-state index < -0.39 is 5.91 Å². The summed E-state index contributed by atoms with van der Waals surface area (Å²) < 4.78 is 10.8. The smallest absolute Gasteiger partial charge is 0.266 e. The average Bonchev–Trinajstić information content (AvgIpc) is 3.14. The van der Waals surface area contributed by atoms with Gasteiger partial charge in [0.05, 0.1) is 12.1 Å². The second-order valence-corrected chi connectivity index (χ2v) is 6.44. The number of furan rings is 1. The summed E-state index contributed by atoms with van der Waals surface area (Å²) in [6.45, 7) is 2.16. The Bertz CT molecular complexity index is 879. The second-order valence-electron chi connectivity index (χ2n) is 6.03. The molecule has 0 saturated heterocycles. The molecule has 1 aliphatic rings. The van der Waals surface area contributed by atoms with Gasteiger partial charge in [-0.05, 0) is 42.7 Å². The van der Waals surface area contributed by atoms with E-state index in [0.29, 0.717) is 34.1 Å². The molecule has 1 aliphatic carbocycles. The van der Waals surface area contributed by atoms with Crippen molar-refractivity contribution >= 4 is 29.3 Å². The maximum Gasteiger partial charge on any atom is 0.266 e. The molecular formula is C19H17ClN2O3. The Hall–Kier alpha value is -2.71. The number of methoxy groups -OCH3 is 1. The molecule has 3 rings (SSSR count). The lowest BCUT2D eigenvalue weighted by Gasteiger charge is -2.07. The van der Waals surface area contributed by atoms with Gasteiger partial charge in [-0.3, -0.25) is 4.79 Å². The summed E-state index contributed by atoms with van der Waals surface area (Å²) in [7, 11) is 1.51. The van der Waals surface area contributed by atoms with Crippen LogP contribution in [0.2, 0.25) is 5.02 Å². The molecule has 128 valence electrons. The number of rotatable bonds is 5. The Morgan fingerprint density at radius 1 is 1.44 bits per heavy atom. The zero-order valence-corrected chi connectivity index (χ0v) is 14.6. The molecule has 1 aromatic carbocycles. The molecule has 1 saturated carbocycles. The van der Waals surface area contributed by atoms with Crippen LogP contribution in [0.25, 0.3) is 6.08 Å². The molecular weight excluding hydrogens is 340 g/mol. The number of hydrogen-bond donors (Lipinski definition) is 1. The van der Waals surface area contributed by atoms with Gasteiger partial charge in [0.25, 0.3) is 5.91 Å². The molecule has 0 radical (unpaired) electrons. The van der Waals surface area contributed by atoms with Crippen LogP contribution >= 0.6 is 11.6 Å². The summed E-state index contributed by atoms with van der Waals surface area (Å²) >= 11 is 6.04. The van der Waals surface area contributed by atoms with E-state index in [1.54, 1.807) is 24.3 Å². The lowest BCUT2D eigenvalue weighted by molar-refractivity contribution is -0.112. The number of carbonyl (C=O) groups is 1. The van der Waals surface area contributed by atoms with E-state index in [1.165, 1.54) is 13.2 Å². The third-order valence-corrected chi connectivity index (χ3v) is 4.48. The average molecular weight is 357 g/mol. The lowest BCUT2D eigenvalue weighted by atomic mass is 10.2. The number of hydrogen-bond acceptors (Lipinski definition) is 4. The number of ether oxygens (including phenoxy) is 1. The molecule has 2 aromatic rings. The molecule has 1 amide bonds. The van der Waals surface area contributed by atoms with Crippen molar-refractivity contribution in [3.63, 3.8) is 0 Å². The molecule has 2 atom stereocenters. The van der Waals surface area contributed by atoms with Crippen molar-refractivity contribution in [3.05, 3.63) is 52.4 Å². The van der Waals surface area contributed by atoms with Crippen molar-refractivity contribution in [2.45, 2.75) is 19.3 Å². The van der Waals surface area contributed by atoms with Crippen molar-refractivity contribution in [1.82, 2.24) is 0 Å². The number of halogens is 1. The first-order valence-electron chi connectivity index (χ1n) is 7.88. The highest BCUT2D eigenvalue weighted by atomic mass is 35.5. The van der Waals surface area contributed by atoms with Crippen molar-refractivity contribution in [1.29, 1.82) is 5.26 Å². The summed E-state index contributed by atoms with van der Waals surface area (Å²) in [5.41, 5.74) is 0.431. The quantitative estimate of drug-likeness (QED) is 0.627. The van der Waals surface area contributed by atoms with E-state index in [1.807, 2.05) is 12.1 Å². The summed E-state index contributed by atoms with van der Waals surface area (Å²) in [5.74, 6) is 2.45. The van der Waals surface area contributed by atoms with Crippen LogP contribution in [-0.2, 0) is 4.79 Å². The van der Waals surface area contributed by atoms with Crippen LogP contribution < -0.4 is 10.1 Å². The third-order valence-electron chi connectivity index (χ3n) is 4.18. The van der Waals surface area contributed by atoms with Gasteiger partial charge in [-0.25, -0.2) is 0 Å². The Morgan fingerprint density at radius 2 is 2.20 bits per heavy atom. The predicted octanol–water partition coefficient (Wildman–Crippen LogP) is 4.61. The van der Waals surface area contributed by atoms with Crippen LogP contribution in [0.5, 0.6) is 5.75 Å². The molecule has 25 heavy (non-hydrogen) atoms. The first kappa shape index (κ1) is 17.1. The summed E-state index contributed by atoms with van der Waals surface area (Å²) in [4.78, 5) is 12.3. The van der Waals surface area contributed by atoms with Gasteiger partial charge in [0.15, 0.2) is 0 Å². The molecule has 1 fully saturated rings. The van der Waals surface area contributed by atoms with Crippen molar-refractivity contribution in [2.75, 3.05) is 12.4 Å². The molecule has 1 N–H and O–H groups in total. The standard InChI is InChI=1S/C19H17ClN2O3/c1-11-7-15(11)17-6-4-14(25-17)8-12(10-21)19(23)22-13-3-5-18(24-2)16(20)9-13/h3-6,8-9,11,15H,7H2,1-2H3,(H,22,23)/b12-8+/t11-,15+/m0/s1. The Balaban J connectivity index is 1.74. The number of benzene rings is 1. The molecule has 5 nitrogen and oxygen atoms in total. The van der Waals surface area contributed by atoms with Gasteiger partial charge in [0, 0.05) is 17.7 Å². The van der Waals surface area contributed by atoms with E-state index in [4.69, 9.17) is 20.8 Å². The van der Waals surface area contributed by atoms with Crippen molar-refractivity contribution in [2.24, 2.45) is 5.92 Å². The minimum Gasteiger partial charge on any atom is -0.495 e. The van der Waals surface area contributed by atoms with Crippen LogP contribution in [0.1, 0.15) is 30.8 Å². The minimum atomic E-state index is -0.526. The minimum absolute atomic E-state index is 0.0447. The molecule has 1 aromatic heterocycles. The highest BCUT2D eigenvalue weighted by Crippen LogP contribution is 2.47. The number of nitrogens with zero attached hydrogens (tertiary/aromatic N) is 1. The highest BCUT2D eigenvalue weighted by molar-refractivity contribution is 6.32. The van der Waals surface area contributed by atoms with Crippen LogP contribution in [0.3, 0.4) is 0 Å². The Labute approximate surface area is 150 Å². The number of amides is 1. The third kappa shape index (κ3) is 3.86. The fourth-order valence-corrected chi connectivity index (χ4v) is 2.85. The number of anilines is 1. The first-order valence-corrected chi connectivity index (χ1v) is 8.26. The van der Waals surface area contributed by atoms with Gasteiger partial charge in [0.2, 0.25) is 0 Å². The van der Waals surface area contributed by atoms with Crippen LogP contribution in [0, 0.1) is 17.2 Å². The van der Waals surface area contributed by atoms with Gasteiger partial charge < -0.3 is 14.5 Å². The summed E-state index contributed by atoms with van der Waals surface area (Å²) in [6, 6.07) is 10.4. The normalized spacial score (nSPS) is 19.2. The summed E-state index contributed by atoms with van der Waals surface area (Å²) in [5, 5.41) is 12.3. The van der Waals surface area contributed by atoms with E-state index in [9.17, 15) is 10.1 Å². The number of nitriles is 1. The van der Waals surface area contributed by atoms with Crippen LogP contribution in [0.4, 0.5) is 5.69 Å². The van der Waals surface area contributed by atoms with E-state index in [-0.39, 0.29) is 5.57 Å². The van der Waals surface area contributed by atoms with E-state index >= 15 is 0 Å². The van der Waals surface area contributed by atoms with Crippen LogP contribution in [-0.4, -0.2) is 13.0 Å². The maximum atomic E-state index is 12.3. The monoisotopic (exact) mass is 356 g/mol. The molecule has 0 unspecified atom stereocenters. The zero-order chi connectivity index (χ0) is 18.0. The number of carbonyl (C=O) groups excluding carboxylic acids is 1. The molecule has 6 heteroatoms. The molecule has 0 spiro atoms. The van der Waals surface area contributed by atoms with E-state index in [0.717, 1.165) is 12.2 Å². The second kappa shape index (κ2) is 7.04. The van der Waals surface area contributed by atoms with Crippen molar-refractivity contribution < 1.29 is 13.9 Å². The number of nitrogens with one attached hydrogen (secondary N) is 1. The van der Waals surface area contributed by atoms with Gasteiger partial charge in [-0.15, -0.1) is 0 Å². The maximum absolute atomic E-state index is 12.3. The van der Waals surface area contributed by atoms with Gasteiger partial charge in [-0.2, -0.15) is 5.26 Å². The Morgan fingerprint density at radius 3 is 2.80 bits per heavy atom. The van der Waals surface area contributed by atoms with Gasteiger partial charge in [-0.1, -0.05) is 18.5 Å². The lowest BCUT2D eigenvalue weighted by Crippen LogP contribution is -2.13. The van der Waals surface area contributed by atoms with Crippen LogP contribution in [0.15, 0.2) is 40.3 Å². The van der Waals surface area contributed by atoms with Crippen molar-refractivity contribution in [3.8, 4) is 11.8 Å². The molecule has 1 heterocycles. The van der Waals surface area contributed by atoms with Gasteiger partial charge in [0.1, 0.15) is 28.9 Å². The zero-order valence-electron chi connectivity index (χ0n) is 13.9. The SMILES string of the molecule is COc1ccc(NC(=O)/C(C#N)=C/c2ccc([C@@H]3C[C@@H]3C)o2)cc1Cl. The molecule has 0 aliphatic heterocycles. The highest BCUT2D eigenvalue weighted by Gasteiger charge is 2.36. The first-order chi connectivity index (χ1) is 12.0. The predicted molar refractivity (Wildman–Crippen MR) is 95.5 cm³/mol. The summed E-state index contributed by atoms with van der Waals surface area (Å²) in [6.07, 6.45) is 2.55. The topological polar surface area (TPSA) is 75.3 Å².